The minimum Gasteiger partial charge on any atom is -0.357 e. The second-order valence-electron chi connectivity index (χ2n) is 6.21. The standard InChI is InChI=1S/C18H25N5OS/c1-3-19-17(20-12-9-16-22-14(2)23-24-16)21-13-18(10-11-18)25-15-7-5-4-6-8-15/h4-8H,3,9-13H2,1-2H3,(H2,19,20,21). The molecule has 0 unspecified atom stereocenters. The van der Waals surface area contributed by atoms with Gasteiger partial charge in [0.1, 0.15) is 0 Å². The number of guanidine groups is 1. The highest BCUT2D eigenvalue weighted by Crippen LogP contribution is 2.51. The van der Waals surface area contributed by atoms with E-state index < -0.39 is 0 Å². The molecule has 134 valence electrons. The maximum Gasteiger partial charge on any atom is 0.228 e. The molecule has 1 aromatic carbocycles. The lowest BCUT2D eigenvalue weighted by Crippen LogP contribution is -2.39. The zero-order valence-corrected chi connectivity index (χ0v) is 15.6. The van der Waals surface area contributed by atoms with Gasteiger partial charge in [-0.1, -0.05) is 23.4 Å². The van der Waals surface area contributed by atoms with Crippen LogP contribution >= 0.6 is 11.8 Å². The molecule has 6 nitrogen and oxygen atoms in total. The number of aliphatic imine (C=N–C) groups is 1. The van der Waals surface area contributed by atoms with E-state index in [1.807, 2.05) is 18.7 Å². The molecule has 3 rings (SSSR count). The lowest BCUT2D eigenvalue weighted by atomic mass is 10.4. The first kappa shape index (κ1) is 17.8. The van der Waals surface area contributed by atoms with Crippen LogP contribution in [0.4, 0.5) is 0 Å². The second kappa shape index (κ2) is 8.38. The van der Waals surface area contributed by atoms with E-state index in [1.54, 1.807) is 0 Å². The number of benzene rings is 1. The van der Waals surface area contributed by atoms with E-state index in [0.717, 1.165) is 19.0 Å². The fraction of sp³-hybridized carbons (Fsp3) is 0.500. The maximum atomic E-state index is 5.13. The summed E-state index contributed by atoms with van der Waals surface area (Å²) in [4.78, 5) is 10.3. The number of aromatic nitrogens is 2. The van der Waals surface area contributed by atoms with Crippen LogP contribution in [0.3, 0.4) is 0 Å². The van der Waals surface area contributed by atoms with Crippen LogP contribution in [0.2, 0.25) is 0 Å². The third kappa shape index (κ3) is 5.49. The summed E-state index contributed by atoms with van der Waals surface area (Å²) in [6.45, 7) is 6.27. The van der Waals surface area contributed by atoms with Gasteiger partial charge in [0.25, 0.3) is 0 Å². The minimum atomic E-state index is 0.257. The van der Waals surface area contributed by atoms with Gasteiger partial charge in [-0.15, -0.1) is 11.8 Å². The van der Waals surface area contributed by atoms with Crippen molar-refractivity contribution in [1.29, 1.82) is 0 Å². The lowest BCUT2D eigenvalue weighted by molar-refractivity contribution is 0.374. The van der Waals surface area contributed by atoms with Crippen LogP contribution in [0.1, 0.15) is 31.5 Å². The van der Waals surface area contributed by atoms with Gasteiger partial charge in [-0.2, -0.15) is 4.98 Å². The molecule has 2 N–H and O–H groups in total. The number of nitrogens with one attached hydrogen (secondary N) is 2. The quantitative estimate of drug-likeness (QED) is 0.558. The minimum absolute atomic E-state index is 0.257. The van der Waals surface area contributed by atoms with Crippen molar-refractivity contribution in [2.24, 2.45) is 4.99 Å². The molecular weight excluding hydrogens is 334 g/mol. The van der Waals surface area contributed by atoms with Crippen LogP contribution in [-0.2, 0) is 6.42 Å². The summed E-state index contributed by atoms with van der Waals surface area (Å²) in [5.41, 5.74) is 0. The largest absolute Gasteiger partial charge is 0.357 e. The van der Waals surface area contributed by atoms with Crippen molar-refractivity contribution in [2.75, 3.05) is 19.6 Å². The summed E-state index contributed by atoms with van der Waals surface area (Å²) in [5, 5.41) is 10.5. The fourth-order valence-corrected chi connectivity index (χ4v) is 3.69. The summed E-state index contributed by atoms with van der Waals surface area (Å²) in [7, 11) is 0. The third-order valence-corrected chi connectivity index (χ3v) is 5.43. The summed E-state index contributed by atoms with van der Waals surface area (Å²) in [6, 6.07) is 10.6. The van der Waals surface area contributed by atoms with E-state index in [0.29, 0.717) is 24.7 Å². The zero-order chi connectivity index (χ0) is 17.5. The Hall–Kier alpha value is -2.02. The van der Waals surface area contributed by atoms with Gasteiger partial charge in [0.05, 0.1) is 6.54 Å². The Balaban J connectivity index is 1.51. The van der Waals surface area contributed by atoms with Gasteiger partial charge >= 0.3 is 0 Å². The molecule has 1 heterocycles. The van der Waals surface area contributed by atoms with Gasteiger partial charge in [-0.05, 0) is 38.8 Å². The Labute approximate surface area is 152 Å². The van der Waals surface area contributed by atoms with Crippen molar-refractivity contribution >= 4 is 17.7 Å². The van der Waals surface area contributed by atoms with E-state index in [-0.39, 0.29) is 4.75 Å². The van der Waals surface area contributed by atoms with Gasteiger partial charge in [-0.3, -0.25) is 4.99 Å². The van der Waals surface area contributed by atoms with Crippen LogP contribution in [-0.4, -0.2) is 40.5 Å². The molecule has 0 aliphatic heterocycles. The highest BCUT2D eigenvalue weighted by molar-refractivity contribution is 8.01. The predicted octanol–water partition coefficient (Wildman–Crippen LogP) is 2.80. The highest BCUT2D eigenvalue weighted by Gasteiger charge is 2.43. The maximum absolute atomic E-state index is 5.13. The second-order valence-corrected chi connectivity index (χ2v) is 7.75. The normalized spacial score (nSPS) is 15.8. The van der Waals surface area contributed by atoms with Crippen LogP contribution < -0.4 is 10.6 Å². The van der Waals surface area contributed by atoms with E-state index in [2.05, 4.69) is 58.0 Å². The molecule has 1 saturated carbocycles. The number of rotatable bonds is 8. The van der Waals surface area contributed by atoms with Crippen LogP contribution in [0.15, 0.2) is 44.7 Å². The summed E-state index contributed by atoms with van der Waals surface area (Å²) in [6.07, 6.45) is 3.13. The molecule has 1 aliphatic carbocycles. The van der Waals surface area contributed by atoms with E-state index in [9.17, 15) is 0 Å². The molecule has 25 heavy (non-hydrogen) atoms. The van der Waals surface area contributed by atoms with Crippen molar-refractivity contribution < 1.29 is 4.52 Å². The van der Waals surface area contributed by atoms with Gasteiger partial charge in [0.2, 0.25) is 5.89 Å². The first-order valence-electron chi connectivity index (χ1n) is 8.74. The van der Waals surface area contributed by atoms with E-state index >= 15 is 0 Å². The number of aryl methyl sites for hydroxylation is 1. The number of hydrogen-bond donors (Lipinski definition) is 2. The fourth-order valence-electron chi connectivity index (χ4n) is 2.46. The summed E-state index contributed by atoms with van der Waals surface area (Å²) >= 11 is 1.94. The van der Waals surface area contributed by atoms with Gasteiger partial charge in [-0.25, -0.2) is 0 Å². The van der Waals surface area contributed by atoms with E-state index in [1.165, 1.54) is 17.7 Å². The molecule has 1 aromatic heterocycles. The average molecular weight is 359 g/mol. The van der Waals surface area contributed by atoms with Gasteiger partial charge in [0.15, 0.2) is 11.8 Å². The number of hydrogen-bond acceptors (Lipinski definition) is 5. The SMILES string of the molecule is CCNC(=NCC1(Sc2ccccc2)CC1)NCCc1nc(C)no1. The average Bonchev–Trinajstić information content (AvgIpc) is 3.25. The summed E-state index contributed by atoms with van der Waals surface area (Å²) < 4.78 is 5.39. The lowest BCUT2D eigenvalue weighted by Gasteiger charge is -2.15. The number of nitrogens with zero attached hydrogens (tertiary/aromatic N) is 3. The topological polar surface area (TPSA) is 75.3 Å². The van der Waals surface area contributed by atoms with Crippen molar-refractivity contribution in [3.8, 4) is 0 Å². The van der Waals surface area contributed by atoms with Crippen LogP contribution in [0.25, 0.3) is 0 Å². The molecule has 0 radical (unpaired) electrons. The summed E-state index contributed by atoms with van der Waals surface area (Å²) in [5.74, 6) is 2.17. The van der Waals surface area contributed by atoms with Crippen molar-refractivity contribution in [3.63, 3.8) is 0 Å². The Bertz CT molecular complexity index is 697. The van der Waals surface area contributed by atoms with Crippen molar-refractivity contribution in [2.45, 2.75) is 42.8 Å². The third-order valence-electron chi connectivity index (χ3n) is 3.96. The van der Waals surface area contributed by atoms with Crippen molar-refractivity contribution in [3.05, 3.63) is 42.0 Å². The smallest absolute Gasteiger partial charge is 0.228 e. The van der Waals surface area contributed by atoms with E-state index in [4.69, 9.17) is 9.52 Å². The Morgan fingerprint density at radius 2 is 2.08 bits per heavy atom. The molecule has 7 heteroatoms. The first-order chi connectivity index (χ1) is 12.2. The Morgan fingerprint density at radius 3 is 2.72 bits per heavy atom. The van der Waals surface area contributed by atoms with Crippen LogP contribution in [0.5, 0.6) is 0 Å². The highest BCUT2D eigenvalue weighted by atomic mass is 32.2. The molecule has 1 fully saturated rings. The Morgan fingerprint density at radius 1 is 1.28 bits per heavy atom. The first-order valence-corrected chi connectivity index (χ1v) is 9.56. The number of thioether (sulfide) groups is 1. The molecule has 2 aromatic rings. The predicted molar refractivity (Wildman–Crippen MR) is 101 cm³/mol. The zero-order valence-electron chi connectivity index (χ0n) is 14.8. The molecule has 0 saturated heterocycles. The molecule has 1 aliphatic rings. The molecule has 0 spiro atoms. The molecule has 0 bridgehead atoms. The Kier molecular flexibility index (Phi) is 5.96. The van der Waals surface area contributed by atoms with Crippen molar-refractivity contribution in [1.82, 2.24) is 20.8 Å². The monoisotopic (exact) mass is 359 g/mol. The van der Waals surface area contributed by atoms with Gasteiger partial charge in [0, 0.05) is 29.2 Å². The van der Waals surface area contributed by atoms with Gasteiger partial charge < -0.3 is 15.2 Å². The molecular formula is C18H25N5OS. The molecule has 0 amide bonds. The van der Waals surface area contributed by atoms with Crippen LogP contribution in [0, 0.1) is 6.92 Å². The molecule has 0 atom stereocenters.